The van der Waals surface area contributed by atoms with Crippen molar-refractivity contribution in [1.82, 2.24) is 10.3 Å². The van der Waals surface area contributed by atoms with Crippen LogP contribution in [0.25, 0.3) is 11.1 Å². The molecule has 0 radical (unpaired) electrons. The fourth-order valence-corrected chi connectivity index (χ4v) is 4.17. The average Bonchev–Trinajstić information content (AvgIpc) is 2.70. The Morgan fingerprint density at radius 1 is 1.25 bits per heavy atom. The molecule has 0 unspecified atom stereocenters. The standard InChI is InChI=1S/C23H31N3O2/c1-4-28-21-8-7-17(18-6-5-16(2)26-15-18)13-19(21)14-23(22(24)27)11-9-20(25-3)10-12-23/h5-8,13,15,20,25H,4,9-12,14H2,1-3H3,(H2,24,27). The molecule has 1 fully saturated rings. The van der Waals surface area contributed by atoms with E-state index < -0.39 is 5.41 Å². The number of ether oxygens (including phenoxy) is 1. The predicted molar refractivity (Wildman–Crippen MR) is 112 cm³/mol. The minimum absolute atomic E-state index is 0.202. The van der Waals surface area contributed by atoms with Gasteiger partial charge in [0, 0.05) is 23.5 Å². The van der Waals surface area contributed by atoms with Crippen molar-refractivity contribution < 1.29 is 9.53 Å². The van der Waals surface area contributed by atoms with Gasteiger partial charge in [-0.1, -0.05) is 12.1 Å². The highest BCUT2D eigenvalue weighted by Gasteiger charge is 2.40. The Labute approximate surface area is 167 Å². The van der Waals surface area contributed by atoms with Crippen molar-refractivity contribution in [2.24, 2.45) is 11.1 Å². The molecule has 1 aliphatic carbocycles. The number of aromatic nitrogens is 1. The van der Waals surface area contributed by atoms with Crippen LogP contribution < -0.4 is 15.8 Å². The van der Waals surface area contributed by atoms with E-state index in [4.69, 9.17) is 10.5 Å². The summed E-state index contributed by atoms with van der Waals surface area (Å²) in [6, 6.07) is 10.7. The molecule has 3 rings (SSSR count). The normalized spacial score (nSPS) is 22.0. The van der Waals surface area contributed by atoms with E-state index in [1.807, 2.05) is 39.2 Å². The van der Waals surface area contributed by atoms with Crippen LogP contribution >= 0.6 is 0 Å². The summed E-state index contributed by atoms with van der Waals surface area (Å²) in [5.74, 6) is 0.634. The largest absolute Gasteiger partial charge is 0.494 e. The SMILES string of the molecule is CCOc1ccc(-c2ccc(C)nc2)cc1CC1(C(N)=O)CCC(NC)CC1. The molecule has 0 spiro atoms. The number of nitrogens with two attached hydrogens (primary N) is 1. The maximum Gasteiger partial charge on any atom is 0.223 e. The summed E-state index contributed by atoms with van der Waals surface area (Å²) in [6.45, 7) is 4.54. The average molecular weight is 382 g/mol. The number of hydrogen-bond acceptors (Lipinski definition) is 4. The van der Waals surface area contributed by atoms with E-state index in [1.165, 1.54) is 0 Å². The number of nitrogens with one attached hydrogen (secondary N) is 1. The highest BCUT2D eigenvalue weighted by atomic mass is 16.5. The summed E-state index contributed by atoms with van der Waals surface area (Å²) in [6.07, 6.45) is 6.03. The highest BCUT2D eigenvalue weighted by Crippen LogP contribution is 2.41. The Morgan fingerprint density at radius 2 is 1.96 bits per heavy atom. The molecule has 3 N–H and O–H groups in total. The quantitative estimate of drug-likeness (QED) is 0.768. The topological polar surface area (TPSA) is 77.2 Å². The molecule has 1 aromatic heterocycles. The lowest BCUT2D eigenvalue weighted by Crippen LogP contribution is -2.45. The molecule has 1 saturated carbocycles. The Kier molecular flexibility index (Phi) is 6.35. The van der Waals surface area contributed by atoms with Gasteiger partial charge in [-0.25, -0.2) is 0 Å². The van der Waals surface area contributed by atoms with Crippen LogP contribution in [0.15, 0.2) is 36.5 Å². The first-order valence-corrected chi connectivity index (χ1v) is 10.1. The van der Waals surface area contributed by atoms with Crippen molar-refractivity contribution in [3.63, 3.8) is 0 Å². The van der Waals surface area contributed by atoms with Crippen LogP contribution in [-0.4, -0.2) is 30.6 Å². The third-order valence-electron chi connectivity index (χ3n) is 6.01. The summed E-state index contributed by atoms with van der Waals surface area (Å²) in [5.41, 5.74) is 9.57. The van der Waals surface area contributed by atoms with Crippen LogP contribution in [0.3, 0.4) is 0 Å². The van der Waals surface area contributed by atoms with Crippen LogP contribution in [0.5, 0.6) is 5.75 Å². The van der Waals surface area contributed by atoms with E-state index in [9.17, 15) is 4.79 Å². The monoisotopic (exact) mass is 381 g/mol. The van der Waals surface area contributed by atoms with Gasteiger partial charge in [0.1, 0.15) is 5.75 Å². The number of carbonyl (C=O) groups is 1. The summed E-state index contributed by atoms with van der Waals surface area (Å²) in [4.78, 5) is 16.9. The zero-order valence-corrected chi connectivity index (χ0v) is 17.1. The molecule has 1 aliphatic rings. The lowest BCUT2D eigenvalue weighted by molar-refractivity contribution is -0.129. The van der Waals surface area contributed by atoms with Crippen molar-refractivity contribution in [2.75, 3.05) is 13.7 Å². The fourth-order valence-electron chi connectivity index (χ4n) is 4.17. The van der Waals surface area contributed by atoms with E-state index in [2.05, 4.69) is 28.5 Å². The molecule has 1 amide bonds. The molecule has 2 aromatic rings. The zero-order valence-electron chi connectivity index (χ0n) is 17.1. The smallest absolute Gasteiger partial charge is 0.223 e. The molecule has 28 heavy (non-hydrogen) atoms. The molecular weight excluding hydrogens is 350 g/mol. The molecule has 0 saturated heterocycles. The van der Waals surface area contributed by atoms with Gasteiger partial charge in [0.15, 0.2) is 0 Å². The van der Waals surface area contributed by atoms with E-state index in [0.717, 1.165) is 53.8 Å². The van der Waals surface area contributed by atoms with E-state index in [0.29, 0.717) is 19.1 Å². The molecule has 5 nitrogen and oxygen atoms in total. The van der Waals surface area contributed by atoms with E-state index >= 15 is 0 Å². The molecule has 150 valence electrons. The minimum Gasteiger partial charge on any atom is -0.494 e. The second kappa shape index (κ2) is 8.74. The van der Waals surface area contributed by atoms with Crippen molar-refractivity contribution in [3.8, 4) is 16.9 Å². The lowest BCUT2D eigenvalue weighted by Gasteiger charge is -2.38. The van der Waals surface area contributed by atoms with Gasteiger partial charge in [0.2, 0.25) is 5.91 Å². The first-order valence-electron chi connectivity index (χ1n) is 10.1. The van der Waals surface area contributed by atoms with Gasteiger partial charge in [0.05, 0.1) is 12.0 Å². The van der Waals surface area contributed by atoms with Gasteiger partial charge in [0.25, 0.3) is 0 Å². The second-order valence-corrected chi connectivity index (χ2v) is 7.83. The van der Waals surface area contributed by atoms with Crippen molar-refractivity contribution in [3.05, 3.63) is 47.8 Å². The maximum absolute atomic E-state index is 12.5. The van der Waals surface area contributed by atoms with Crippen LogP contribution in [0.4, 0.5) is 0 Å². The molecule has 0 bridgehead atoms. The number of aryl methyl sites for hydroxylation is 1. The number of pyridine rings is 1. The Morgan fingerprint density at radius 3 is 2.54 bits per heavy atom. The molecule has 0 aliphatic heterocycles. The molecule has 5 heteroatoms. The maximum atomic E-state index is 12.5. The zero-order chi connectivity index (χ0) is 20.1. The van der Waals surface area contributed by atoms with Crippen molar-refractivity contribution >= 4 is 5.91 Å². The van der Waals surface area contributed by atoms with Gasteiger partial charge in [-0.15, -0.1) is 0 Å². The molecule has 0 atom stereocenters. The first-order chi connectivity index (χ1) is 13.5. The van der Waals surface area contributed by atoms with Crippen LogP contribution in [0.1, 0.15) is 43.9 Å². The number of rotatable bonds is 7. The Bertz CT molecular complexity index is 809. The Hall–Kier alpha value is -2.40. The van der Waals surface area contributed by atoms with E-state index in [-0.39, 0.29) is 5.91 Å². The van der Waals surface area contributed by atoms with Crippen molar-refractivity contribution in [2.45, 2.75) is 52.0 Å². The lowest BCUT2D eigenvalue weighted by atomic mass is 9.68. The van der Waals surface area contributed by atoms with Gasteiger partial charge < -0.3 is 15.8 Å². The summed E-state index contributed by atoms with van der Waals surface area (Å²) >= 11 is 0. The minimum atomic E-state index is -0.511. The fraction of sp³-hybridized carbons (Fsp3) is 0.478. The number of primary amides is 1. The number of amides is 1. The number of carbonyl (C=O) groups excluding carboxylic acids is 1. The third-order valence-corrected chi connectivity index (χ3v) is 6.01. The van der Waals surface area contributed by atoms with Gasteiger partial charge in [-0.2, -0.15) is 0 Å². The van der Waals surface area contributed by atoms with Crippen LogP contribution in [-0.2, 0) is 11.2 Å². The summed E-state index contributed by atoms with van der Waals surface area (Å²) in [5, 5.41) is 3.33. The van der Waals surface area contributed by atoms with E-state index in [1.54, 1.807) is 0 Å². The predicted octanol–water partition coefficient (Wildman–Crippen LogP) is 3.63. The van der Waals surface area contributed by atoms with Gasteiger partial charge in [-0.05, 0) is 82.3 Å². The highest BCUT2D eigenvalue weighted by molar-refractivity contribution is 5.81. The summed E-state index contributed by atoms with van der Waals surface area (Å²) < 4.78 is 5.88. The molecule has 1 aromatic carbocycles. The Balaban J connectivity index is 1.94. The second-order valence-electron chi connectivity index (χ2n) is 7.83. The number of nitrogens with zero attached hydrogens (tertiary/aromatic N) is 1. The van der Waals surface area contributed by atoms with Crippen molar-refractivity contribution in [1.29, 1.82) is 0 Å². The van der Waals surface area contributed by atoms with Crippen LogP contribution in [0.2, 0.25) is 0 Å². The van der Waals surface area contributed by atoms with Gasteiger partial charge >= 0.3 is 0 Å². The van der Waals surface area contributed by atoms with Gasteiger partial charge in [-0.3, -0.25) is 9.78 Å². The first kappa shape index (κ1) is 20.3. The summed E-state index contributed by atoms with van der Waals surface area (Å²) in [7, 11) is 1.98. The third kappa shape index (κ3) is 4.36. The molecule has 1 heterocycles. The number of hydrogen-bond donors (Lipinski definition) is 2. The number of benzene rings is 1. The van der Waals surface area contributed by atoms with Crippen LogP contribution in [0, 0.1) is 12.3 Å². The molecular formula is C23H31N3O2.